The second-order valence-electron chi connectivity index (χ2n) is 2.37. The molecule has 0 aliphatic rings. The third-order valence-corrected chi connectivity index (χ3v) is 1.74. The van der Waals surface area contributed by atoms with Gasteiger partial charge >= 0.3 is 0 Å². The highest BCUT2D eigenvalue weighted by Crippen LogP contribution is 2.31. The summed E-state index contributed by atoms with van der Waals surface area (Å²) in [5, 5.41) is 0. The van der Waals surface area contributed by atoms with Gasteiger partial charge in [-0.25, -0.2) is 0 Å². The molecule has 0 fully saturated rings. The summed E-state index contributed by atoms with van der Waals surface area (Å²) in [6, 6.07) is 5.81. The van der Waals surface area contributed by atoms with E-state index in [2.05, 4.69) is 0 Å². The highest BCUT2D eigenvalue weighted by atomic mass is 16.5. The molecule has 1 rings (SSSR count). The summed E-state index contributed by atoms with van der Waals surface area (Å²) in [4.78, 5) is 0. The minimum absolute atomic E-state index is 0.771. The van der Waals surface area contributed by atoms with Crippen molar-refractivity contribution in [3.8, 4) is 11.5 Å². The van der Waals surface area contributed by atoms with Crippen molar-refractivity contribution in [1.29, 1.82) is 0 Å². The zero-order valence-corrected chi connectivity index (χ0v) is 7.63. The van der Waals surface area contributed by atoms with E-state index in [1.807, 2.05) is 31.5 Å². The van der Waals surface area contributed by atoms with Crippen molar-refractivity contribution in [2.45, 2.75) is 6.92 Å². The zero-order valence-electron chi connectivity index (χ0n) is 7.63. The average Bonchev–Trinajstić information content (AvgIpc) is 2.16. The van der Waals surface area contributed by atoms with Crippen LogP contribution in [-0.2, 0) is 0 Å². The summed E-state index contributed by atoms with van der Waals surface area (Å²) in [5.74, 6) is 1.57. The average molecular weight is 165 g/mol. The molecule has 2 heteroatoms. The van der Waals surface area contributed by atoms with Crippen molar-refractivity contribution >= 4 is 0 Å². The second kappa shape index (κ2) is 4.00. The summed E-state index contributed by atoms with van der Waals surface area (Å²) in [5.41, 5.74) is 1.05. The molecule has 1 radical (unpaired) electrons. The Hall–Kier alpha value is -1.18. The number of hydrogen-bond donors (Lipinski definition) is 0. The molecule has 0 spiro atoms. The maximum Gasteiger partial charge on any atom is 0.164 e. The lowest BCUT2D eigenvalue weighted by atomic mass is 10.1. The van der Waals surface area contributed by atoms with Crippen molar-refractivity contribution in [3.05, 3.63) is 30.2 Å². The van der Waals surface area contributed by atoms with Gasteiger partial charge in [0.05, 0.1) is 14.2 Å². The lowest BCUT2D eigenvalue weighted by Crippen LogP contribution is -1.93. The molecule has 0 amide bonds. The SMILES string of the molecule is C[CH]c1cccc(OC)c1OC. The van der Waals surface area contributed by atoms with E-state index in [4.69, 9.17) is 9.47 Å². The molecule has 0 aliphatic carbocycles. The molecule has 0 aliphatic heterocycles. The molecule has 0 saturated carbocycles. The molecule has 0 aromatic heterocycles. The number of methoxy groups -OCH3 is 2. The van der Waals surface area contributed by atoms with E-state index in [9.17, 15) is 0 Å². The fourth-order valence-corrected chi connectivity index (χ4v) is 1.14. The predicted octanol–water partition coefficient (Wildman–Crippen LogP) is 2.28. The van der Waals surface area contributed by atoms with Crippen LogP contribution >= 0.6 is 0 Å². The Kier molecular flexibility index (Phi) is 2.97. The van der Waals surface area contributed by atoms with E-state index < -0.39 is 0 Å². The van der Waals surface area contributed by atoms with Crippen LogP contribution in [0.5, 0.6) is 11.5 Å². The van der Waals surface area contributed by atoms with Crippen molar-refractivity contribution in [3.63, 3.8) is 0 Å². The van der Waals surface area contributed by atoms with E-state index >= 15 is 0 Å². The second-order valence-corrected chi connectivity index (χ2v) is 2.37. The first-order valence-corrected chi connectivity index (χ1v) is 3.83. The third-order valence-electron chi connectivity index (χ3n) is 1.74. The Morgan fingerprint density at radius 2 is 1.92 bits per heavy atom. The van der Waals surface area contributed by atoms with Gasteiger partial charge in [-0.15, -0.1) is 0 Å². The van der Waals surface area contributed by atoms with Crippen molar-refractivity contribution in [1.82, 2.24) is 0 Å². The minimum atomic E-state index is 0.771. The van der Waals surface area contributed by atoms with Crippen LogP contribution in [0.2, 0.25) is 0 Å². The summed E-state index contributed by atoms with van der Waals surface area (Å²) >= 11 is 0. The Bertz CT molecular complexity index is 234. The first-order chi connectivity index (χ1) is 5.83. The molecule has 0 bridgehead atoms. The van der Waals surface area contributed by atoms with Crippen LogP contribution in [-0.4, -0.2) is 14.2 Å². The molecular formula is C10H13O2. The molecular weight excluding hydrogens is 152 g/mol. The van der Waals surface area contributed by atoms with Gasteiger partial charge in [-0.3, -0.25) is 0 Å². The maximum atomic E-state index is 5.20. The van der Waals surface area contributed by atoms with Crippen LogP contribution in [0.3, 0.4) is 0 Å². The van der Waals surface area contributed by atoms with E-state index in [0.717, 1.165) is 17.1 Å². The van der Waals surface area contributed by atoms with Gasteiger partial charge in [0.15, 0.2) is 11.5 Å². The van der Waals surface area contributed by atoms with Crippen LogP contribution < -0.4 is 9.47 Å². The highest BCUT2D eigenvalue weighted by molar-refractivity contribution is 5.49. The van der Waals surface area contributed by atoms with Gasteiger partial charge in [0.25, 0.3) is 0 Å². The van der Waals surface area contributed by atoms with Crippen molar-refractivity contribution < 1.29 is 9.47 Å². The van der Waals surface area contributed by atoms with Crippen molar-refractivity contribution in [2.24, 2.45) is 0 Å². The first kappa shape index (κ1) is 8.91. The molecule has 0 saturated heterocycles. The van der Waals surface area contributed by atoms with Gasteiger partial charge in [-0.2, -0.15) is 0 Å². The summed E-state index contributed by atoms with van der Waals surface area (Å²) < 4.78 is 10.3. The van der Waals surface area contributed by atoms with Crippen LogP contribution in [0.1, 0.15) is 12.5 Å². The Morgan fingerprint density at radius 1 is 1.17 bits per heavy atom. The number of rotatable bonds is 3. The van der Waals surface area contributed by atoms with Gasteiger partial charge in [0.1, 0.15) is 0 Å². The summed E-state index contributed by atoms with van der Waals surface area (Å²) in [6.45, 7) is 1.97. The van der Waals surface area contributed by atoms with Gasteiger partial charge in [0, 0.05) is 5.56 Å². The van der Waals surface area contributed by atoms with E-state index in [1.54, 1.807) is 14.2 Å². The Balaban J connectivity index is 3.13. The fourth-order valence-electron chi connectivity index (χ4n) is 1.14. The molecule has 0 atom stereocenters. The van der Waals surface area contributed by atoms with Crippen LogP contribution in [0.15, 0.2) is 18.2 Å². The molecule has 65 valence electrons. The number of ether oxygens (including phenoxy) is 2. The predicted molar refractivity (Wildman–Crippen MR) is 48.6 cm³/mol. The van der Waals surface area contributed by atoms with Crippen LogP contribution in [0.25, 0.3) is 0 Å². The normalized spacial score (nSPS) is 9.58. The lowest BCUT2D eigenvalue weighted by Gasteiger charge is -2.10. The summed E-state index contributed by atoms with van der Waals surface area (Å²) in [6.07, 6.45) is 1.99. The van der Waals surface area contributed by atoms with Gasteiger partial charge in [-0.1, -0.05) is 19.1 Å². The van der Waals surface area contributed by atoms with E-state index in [-0.39, 0.29) is 0 Å². The molecule has 0 unspecified atom stereocenters. The number of para-hydroxylation sites is 1. The monoisotopic (exact) mass is 165 g/mol. The lowest BCUT2D eigenvalue weighted by molar-refractivity contribution is 0.353. The van der Waals surface area contributed by atoms with Gasteiger partial charge in [0.2, 0.25) is 0 Å². The topological polar surface area (TPSA) is 18.5 Å². The molecule has 1 aromatic rings. The fraction of sp³-hybridized carbons (Fsp3) is 0.300. The van der Waals surface area contributed by atoms with Crippen molar-refractivity contribution in [2.75, 3.05) is 14.2 Å². The van der Waals surface area contributed by atoms with Crippen LogP contribution in [0.4, 0.5) is 0 Å². The third kappa shape index (κ3) is 1.52. The van der Waals surface area contributed by atoms with Gasteiger partial charge < -0.3 is 9.47 Å². The molecule has 0 N–H and O–H groups in total. The minimum Gasteiger partial charge on any atom is -0.493 e. The summed E-state index contributed by atoms with van der Waals surface area (Å²) in [7, 11) is 3.28. The Morgan fingerprint density at radius 3 is 2.42 bits per heavy atom. The quantitative estimate of drug-likeness (QED) is 0.684. The van der Waals surface area contributed by atoms with Crippen LogP contribution in [0, 0.1) is 6.42 Å². The molecule has 0 heterocycles. The smallest absolute Gasteiger partial charge is 0.164 e. The molecule has 12 heavy (non-hydrogen) atoms. The maximum absolute atomic E-state index is 5.20. The largest absolute Gasteiger partial charge is 0.493 e. The number of hydrogen-bond acceptors (Lipinski definition) is 2. The van der Waals surface area contributed by atoms with E-state index in [0.29, 0.717) is 0 Å². The Labute approximate surface area is 73.1 Å². The molecule has 1 aromatic carbocycles. The van der Waals surface area contributed by atoms with Gasteiger partial charge in [-0.05, 0) is 12.5 Å². The standard InChI is InChI=1S/C10H13O2/c1-4-8-6-5-7-9(11-2)10(8)12-3/h4-7H,1-3H3. The number of benzene rings is 1. The first-order valence-electron chi connectivity index (χ1n) is 3.83. The van der Waals surface area contributed by atoms with E-state index in [1.165, 1.54) is 0 Å². The molecule has 2 nitrogen and oxygen atoms in total. The zero-order chi connectivity index (χ0) is 8.97. The highest BCUT2D eigenvalue weighted by Gasteiger charge is 2.06.